The topological polar surface area (TPSA) is 3.24 Å². The van der Waals surface area contributed by atoms with Gasteiger partial charge in [0, 0.05) is 13.1 Å². The molecule has 1 nitrogen and oxygen atoms in total. The van der Waals surface area contributed by atoms with E-state index in [2.05, 4.69) is 11.8 Å². The molecular weight excluding hydrogens is 129 g/mol. The lowest BCUT2D eigenvalue weighted by Crippen LogP contribution is -2.32. The van der Waals surface area contributed by atoms with Crippen LogP contribution in [-0.4, -0.2) is 25.0 Å². The van der Waals surface area contributed by atoms with Crippen molar-refractivity contribution in [3.8, 4) is 0 Å². The Labute approximate surface area is 61.5 Å². The van der Waals surface area contributed by atoms with Crippen LogP contribution in [0.3, 0.4) is 0 Å². The first-order valence-corrected chi connectivity index (χ1v) is 3.69. The Morgan fingerprint density at radius 3 is 2.90 bits per heavy atom. The highest BCUT2D eigenvalue weighted by Gasteiger charge is 2.16. The zero-order chi connectivity index (χ0) is 7.56. The Balaban J connectivity index is 2.51. The summed E-state index contributed by atoms with van der Waals surface area (Å²) in [4.78, 5) is 2.15. The zero-order valence-corrected chi connectivity index (χ0v) is 6.60. The van der Waals surface area contributed by atoms with Crippen LogP contribution < -0.4 is 0 Å². The molecule has 1 fully saturated rings. The van der Waals surface area contributed by atoms with E-state index in [9.17, 15) is 4.39 Å². The van der Waals surface area contributed by atoms with Crippen molar-refractivity contribution >= 4 is 0 Å². The minimum atomic E-state index is 0.612. The molecule has 58 valence electrons. The fraction of sp³-hybridized carbons (Fsp3) is 0.750. The molecule has 1 saturated heterocycles. The minimum Gasteiger partial charge on any atom is -0.302 e. The number of nitrogens with zero attached hydrogens (tertiary/aromatic N) is 1. The largest absolute Gasteiger partial charge is 0.302 e. The van der Waals surface area contributed by atoms with Crippen molar-refractivity contribution in [2.75, 3.05) is 20.1 Å². The molecule has 0 bridgehead atoms. The highest BCUT2D eigenvalue weighted by Crippen LogP contribution is 2.19. The van der Waals surface area contributed by atoms with Gasteiger partial charge in [0.15, 0.2) is 0 Å². The van der Waals surface area contributed by atoms with Crippen LogP contribution in [0.25, 0.3) is 0 Å². The first kappa shape index (κ1) is 7.73. The molecule has 0 aliphatic carbocycles. The van der Waals surface area contributed by atoms with Crippen LogP contribution in [-0.2, 0) is 0 Å². The standard InChI is InChI=1S/C8H14FN/c1-7-3-8(4-9)6-10(2)5-7/h4,7H,3,5-6H2,1-2H3/b8-4-. The van der Waals surface area contributed by atoms with Crippen LogP contribution in [0, 0.1) is 5.92 Å². The summed E-state index contributed by atoms with van der Waals surface area (Å²) in [6, 6.07) is 0. The summed E-state index contributed by atoms with van der Waals surface area (Å²) >= 11 is 0. The van der Waals surface area contributed by atoms with Crippen LogP contribution in [0.2, 0.25) is 0 Å². The number of hydrogen-bond acceptors (Lipinski definition) is 1. The average molecular weight is 143 g/mol. The molecule has 0 aromatic carbocycles. The summed E-state index contributed by atoms with van der Waals surface area (Å²) < 4.78 is 12.0. The number of piperidine rings is 1. The summed E-state index contributed by atoms with van der Waals surface area (Å²) in [7, 11) is 2.03. The summed E-state index contributed by atoms with van der Waals surface area (Å²) in [6.07, 6.45) is 1.69. The number of hydrogen-bond donors (Lipinski definition) is 0. The third-order valence-corrected chi connectivity index (χ3v) is 1.86. The molecule has 0 spiro atoms. The van der Waals surface area contributed by atoms with Crippen LogP contribution in [0.1, 0.15) is 13.3 Å². The van der Waals surface area contributed by atoms with Gasteiger partial charge in [-0.05, 0) is 25.0 Å². The molecular formula is C8H14FN. The fourth-order valence-corrected chi connectivity index (χ4v) is 1.60. The molecule has 1 unspecified atom stereocenters. The summed E-state index contributed by atoms with van der Waals surface area (Å²) in [5.74, 6) is 0.612. The van der Waals surface area contributed by atoms with E-state index in [1.807, 2.05) is 7.05 Å². The molecule has 1 aliphatic rings. The van der Waals surface area contributed by atoms with Gasteiger partial charge in [0.2, 0.25) is 0 Å². The van der Waals surface area contributed by atoms with Gasteiger partial charge in [-0.2, -0.15) is 0 Å². The molecule has 0 radical (unpaired) electrons. The van der Waals surface area contributed by atoms with E-state index in [-0.39, 0.29) is 0 Å². The molecule has 1 rings (SSSR count). The van der Waals surface area contributed by atoms with Crippen LogP contribution in [0.5, 0.6) is 0 Å². The average Bonchev–Trinajstić information content (AvgIpc) is 1.85. The van der Waals surface area contributed by atoms with Crippen molar-refractivity contribution in [3.63, 3.8) is 0 Å². The van der Waals surface area contributed by atoms with Gasteiger partial charge in [-0.15, -0.1) is 0 Å². The van der Waals surface area contributed by atoms with Crippen LogP contribution in [0.4, 0.5) is 4.39 Å². The zero-order valence-electron chi connectivity index (χ0n) is 6.60. The Kier molecular flexibility index (Phi) is 2.44. The van der Waals surface area contributed by atoms with E-state index in [4.69, 9.17) is 0 Å². The number of likely N-dealkylation sites (tertiary alicyclic amines) is 1. The van der Waals surface area contributed by atoms with Crippen LogP contribution >= 0.6 is 0 Å². The highest BCUT2D eigenvalue weighted by atomic mass is 19.1. The number of likely N-dealkylation sites (N-methyl/N-ethyl adjacent to an activating group) is 1. The predicted octanol–water partition coefficient (Wildman–Crippen LogP) is 1.81. The minimum absolute atomic E-state index is 0.612. The molecule has 1 aliphatic heterocycles. The molecule has 0 amide bonds. The second-order valence-electron chi connectivity index (χ2n) is 3.27. The van der Waals surface area contributed by atoms with Gasteiger partial charge in [0.05, 0.1) is 6.33 Å². The van der Waals surface area contributed by atoms with Gasteiger partial charge in [-0.25, -0.2) is 4.39 Å². The Morgan fingerprint density at radius 1 is 1.70 bits per heavy atom. The maximum absolute atomic E-state index is 12.0. The first-order valence-electron chi connectivity index (χ1n) is 3.69. The van der Waals surface area contributed by atoms with Gasteiger partial charge >= 0.3 is 0 Å². The van der Waals surface area contributed by atoms with Gasteiger partial charge in [0.1, 0.15) is 0 Å². The monoisotopic (exact) mass is 143 g/mol. The second kappa shape index (κ2) is 3.15. The smallest absolute Gasteiger partial charge is 0.0871 e. The normalized spacial score (nSPS) is 33.1. The van der Waals surface area contributed by atoms with Crippen molar-refractivity contribution in [1.29, 1.82) is 0 Å². The highest BCUT2D eigenvalue weighted by molar-refractivity contribution is 5.04. The van der Waals surface area contributed by atoms with E-state index < -0.39 is 0 Å². The molecule has 0 saturated carbocycles. The van der Waals surface area contributed by atoms with E-state index in [0.717, 1.165) is 31.4 Å². The van der Waals surface area contributed by atoms with Crippen molar-refractivity contribution in [1.82, 2.24) is 4.90 Å². The predicted molar refractivity (Wildman–Crippen MR) is 40.5 cm³/mol. The molecule has 2 heteroatoms. The fourth-order valence-electron chi connectivity index (χ4n) is 1.60. The third-order valence-electron chi connectivity index (χ3n) is 1.86. The van der Waals surface area contributed by atoms with E-state index in [1.165, 1.54) is 0 Å². The Hall–Kier alpha value is -0.370. The van der Waals surface area contributed by atoms with Crippen molar-refractivity contribution in [2.24, 2.45) is 5.92 Å². The molecule has 0 N–H and O–H groups in total. The maximum atomic E-state index is 12.0. The Morgan fingerprint density at radius 2 is 2.40 bits per heavy atom. The SMILES string of the molecule is CC1C/C(=C/F)CN(C)C1. The second-order valence-corrected chi connectivity index (χ2v) is 3.27. The van der Waals surface area contributed by atoms with E-state index in [1.54, 1.807) is 0 Å². The van der Waals surface area contributed by atoms with Gasteiger partial charge in [-0.1, -0.05) is 6.92 Å². The van der Waals surface area contributed by atoms with E-state index >= 15 is 0 Å². The van der Waals surface area contributed by atoms with Gasteiger partial charge < -0.3 is 4.90 Å². The van der Waals surface area contributed by atoms with Gasteiger partial charge in [0.25, 0.3) is 0 Å². The van der Waals surface area contributed by atoms with Crippen molar-refractivity contribution < 1.29 is 4.39 Å². The summed E-state index contributed by atoms with van der Waals surface area (Å²) in [5.41, 5.74) is 0.932. The summed E-state index contributed by atoms with van der Waals surface area (Å²) in [5, 5.41) is 0. The number of rotatable bonds is 0. The summed E-state index contributed by atoms with van der Waals surface area (Å²) in [6.45, 7) is 4.05. The molecule has 1 heterocycles. The molecule has 1 atom stereocenters. The first-order chi connectivity index (χ1) is 4.72. The van der Waals surface area contributed by atoms with E-state index in [0.29, 0.717) is 5.92 Å². The molecule has 0 aromatic rings. The lowest BCUT2D eigenvalue weighted by molar-refractivity contribution is 0.263. The maximum Gasteiger partial charge on any atom is 0.0871 e. The lowest BCUT2D eigenvalue weighted by Gasteiger charge is -2.28. The number of halogens is 1. The van der Waals surface area contributed by atoms with Crippen molar-refractivity contribution in [2.45, 2.75) is 13.3 Å². The molecule has 10 heavy (non-hydrogen) atoms. The van der Waals surface area contributed by atoms with Crippen LogP contribution in [0.15, 0.2) is 11.9 Å². The molecule has 0 aromatic heterocycles. The van der Waals surface area contributed by atoms with Crippen molar-refractivity contribution in [3.05, 3.63) is 11.9 Å². The third kappa shape index (κ3) is 1.81. The lowest BCUT2D eigenvalue weighted by atomic mass is 9.97. The quantitative estimate of drug-likeness (QED) is 0.500. The van der Waals surface area contributed by atoms with Gasteiger partial charge in [-0.3, -0.25) is 0 Å². The Bertz CT molecular complexity index is 130.